The fourth-order valence-corrected chi connectivity index (χ4v) is 2.59. The van der Waals surface area contributed by atoms with Crippen molar-refractivity contribution in [3.63, 3.8) is 0 Å². The maximum Gasteiger partial charge on any atom is 0.305 e. The first-order valence-corrected chi connectivity index (χ1v) is 7.66. The van der Waals surface area contributed by atoms with Gasteiger partial charge >= 0.3 is 5.97 Å². The number of esters is 1. The van der Waals surface area contributed by atoms with E-state index in [1.807, 2.05) is 18.2 Å². The van der Waals surface area contributed by atoms with Gasteiger partial charge in [0.15, 0.2) is 0 Å². The highest BCUT2D eigenvalue weighted by Crippen LogP contribution is 2.48. The Bertz CT molecular complexity index is 526. The zero-order valence-corrected chi connectivity index (χ0v) is 12.9. The van der Waals surface area contributed by atoms with Crippen molar-refractivity contribution < 1.29 is 14.3 Å². The Morgan fingerprint density at radius 2 is 2.14 bits per heavy atom. The van der Waals surface area contributed by atoms with Gasteiger partial charge in [0, 0.05) is 18.0 Å². The predicted octanol–water partition coefficient (Wildman–Crippen LogP) is 2.83. The Balaban J connectivity index is 1.82. The van der Waals surface area contributed by atoms with Crippen molar-refractivity contribution in [1.82, 2.24) is 5.32 Å². The number of carbonyl (C=O) groups excluding carboxylic acids is 2. The smallest absolute Gasteiger partial charge is 0.305 e. The van der Waals surface area contributed by atoms with Gasteiger partial charge in [-0.05, 0) is 43.9 Å². The molecule has 1 saturated carbocycles. The molecule has 0 radical (unpaired) electrons. The summed E-state index contributed by atoms with van der Waals surface area (Å²) in [6, 6.07) is 7.47. The van der Waals surface area contributed by atoms with Crippen LogP contribution in [0.2, 0.25) is 5.02 Å². The third kappa shape index (κ3) is 3.97. The van der Waals surface area contributed by atoms with E-state index >= 15 is 0 Å². The summed E-state index contributed by atoms with van der Waals surface area (Å²) in [6.07, 6.45) is 2.61. The molecule has 0 spiro atoms. The molecular formula is C16H20ClNO3. The van der Waals surface area contributed by atoms with Crippen molar-refractivity contribution >= 4 is 23.5 Å². The lowest BCUT2D eigenvalue weighted by Gasteiger charge is -2.16. The molecule has 0 saturated heterocycles. The summed E-state index contributed by atoms with van der Waals surface area (Å²) in [5.41, 5.74) is 0.548. The van der Waals surface area contributed by atoms with Gasteiger partial charge in [0.2, 0.25) is 5.91 Å². The molecule has 21 heavy (non-hydrogen) atoms. The van der Waals surface area contributed by atoms with E-state index in [1.54, 1.807) is 13.0 Å². The molecule has 0 unspecified atom stereocenters. The Morgan fingerprint density at radius 3 is 2.76 bits per heavy atom. The van der Waals surface area contributed by atoms with Crippen LogP contribution in [0.5, 0.6) is 0 Å². The maximum absolute atomic E-state index is 12.3. The number of hydrogen-bond donors (Lipinski definition) is 1. The molecule has 1 aromatic carbocycles. The highest BCUT2D eigenvalue weighted by atomic mass is 35.5. The molecule has 1 aromatic rings. The van der Waals surface area contributed by atoms with Crippen molar-refractivity contribution in [3.05, 3.63) is 34.9 Å². The van der Waals surface area contributed by atoms with Gasteiger partial charge in [-0.3, -0.25) is 9.59 Å². The second-order valence-corrected chi connectivity index (χ2v) is 5.69. The molecule has 1 N–H and O–H groups in total. The van der Waals surface area contributed by atoms with E-state index in [-0.39, 0.29) is 11.9 Å². The summed E-state index contributed by atoms with van der Waals surface area (Å²) in [4.78, 5) is 23.5. The summed E-state index contributed by atoms with van der Waals surface area (Å²) >= 11 is 5.99. The molecule has 1 aliphatic rings. The van der Waals surface area contributed by atoms with Crippen molar-refractivity contribution in [2.75, 3.05) is 13.2 Å². The quantitative estimate of drug-likeness (QED) is 0.622. The molecule has 0 aliphatic heterocycles. The van der Waals surface area contributed by atoms with Gasteiger partial charge in [-0.1, -0.05) is 23.7 Å². The van der Waals surface area contributed by atoms with Crippen LogP contribution in [0.15, 0.2) is 24.3 Å². The number of halogens is 1. The van der Waals surface area contributed by atoms with Gasteiger partial charge < -0.3 is 10.1 Å². The largest absolute Gasteiger partial charge is 0.466 e. The number of nitrogens with one attached hydrogen (secondary N) is 1. The highest BCUT2D eigenvalue weighted by Gasteiger charge is 2.51. The number of carbonyl (C=O) groups is 2. The van der Waals surface area contributed by atoms with Crippen molar-refractivity contribution in [3.8, 4) is 0 Å². The minimum atomic E-state index is -0.422. The van der Waals surface area contributed by atoms with Crippen LogP contribution in [-0.2, 0) is 19.7 Å². The lowest BCUT2D eigenvalue weighted by atomic mass is 9.95. The van der Waals surface area contributed by atoms with E-state index in [2.05, 4.69) is 5.32 Å². The summed E-state index contributed by atoms with van der Waals surface area (Å²) in [5.74, 6) is -0.198. The Hall–Kier alpha value is -1.55. The van der Waals surface area contributed by atoms with E-state index in [1.165, 1.54) is 0 Å². The molecule has 0 atom stereocenters. The van der Waals surface area contributed by atoms with Gasteiger partial charge in [-0.2, -0.15) is 0 Å². The minimum absolute atomic E-state index is 0.0219. The van der Waals surface area contributed by atoms with Crippen LogP contribution in [0.25, 0.3) is 0 Å². The first kappa shape index (κ1) is 15.8. The van der Waals surface area contributed by atoms with Crippen molar-refractivity contribution in [2.24, 2.45) is 0 Å². The van der Waals surface area contributed by atoms with E-state index in [4.69, 9.17) is 16.3 Å². The second kappa shape index (κ2) is 6.94. The standard InChI is InChI=1S/C16H20ClNO3/c1-2-21-14(19)7-4-10-18-15(20)16(8-9-16)12-5-3-6-13(17)11-12/h3,5-6,11H,2,4,7-10H2,1H3,(H,18,20). The molecule has 0 heterocycles. The SMILES string of the molecule is CCOC(=O)CCCNC(=O)C1(c2cccc(Cl)c2)CC1. The number of amides is 1. The molecule has 2 rings (SSSR count). The third-order valence-corrected chi connectivity index (χ3v) is 3.95. The van der Waals surface area contributed by atoms with Crippen LogP contribution in [0, 0.1) is 0 Å². The van der Waals surface area contributed by atoms with E-state index in [9.17, 15) is 9.59 Å². The fraction of sp³-hybridized carbons (Fsp3) is 0.500. The highest BCUT2D eigenvalue weighted by molar-refractivity contribution is 6.30. The number of benzene rings is 1. The average molecular weight is 310 g/mol. The van der Waals surface area contributed by atoms with Crippen molar-refractivity contribution in [1.29, 1.82) is 0 Å². The van der Waals surface area contributed by atoms with Crippen LogP contribution in [0.3, 0.4) is 0 Å². The first-order chi connectivity index (χ1) is 10.1. The summed E-state index contributed by atoms with van der Waals surface area (Å²) < 4.78 is 4.84. The summed E-state index contributed by atoms with van der Waals surface area (Å²) in [7, 11) is 0. The predicted molar refractivity (Wildman–Crippen MR) is 81.2 cm³/mol. The number of ether oxygens (including phenoxy) is 1. The zero-order valence-electron chi connectivity index (χ0n) is 12.2. The number of rotatable bonds is 7. The topological polar surface area (TPSA) is 55.4 Å². The number of hydrogen-bond acceptors (Lipinski definition) is 3. The van der Waals surface area contributed by atoms with Crippen LogP contribution < -0.4 is 5.32 Å². The van der Waals surface area contributed by atoms with Crippen LogP contribution in [-0.4, -0.2) is 25.0 Å². The van der Waals surface area contributed by atoms with Gasteiger partial charge in [0.25, 0.3) is 0 Å². The van der Waals surface area contributed by atoms with Crippen molar-refractivity contribution in [2.45, 2.75) is 38.0 Å². The van der Waals surface area contributed by atoms with E-state index < -0.39 is 5.41 Å². The van der Waals surface area contributed by atoms with Gasteiger partial charge in [0.05, 0.1) is 12.0 Å². The molecule has 114 valence electrons. The van der Waals surface area contributed by atoms with Crippen LogP contribution in [0.4, 0.5) is 0 Å². The van der Waals surface area contributed by atoms with Crippen LogP contribution >= 0.6 is 11.6 Å². The first-order valence-electron chi connectivity index (χ1n) is 7.28. The molecule has 1 aliphatic carbocycles. The molecule has 1 amide bonds. The summed E-state index contributed by atoms with van der Waals surface area (Å²) in [6.45, 7) is 2.66. The molecule has 4 nitrogen and oxygen atoms in total. The normalized spacial score (nSPS) is 15.3. The van der Waals surface area contributed by atoms with E-state index in [0.717, 1.165) is 18.4 Å². The van der Waals surface area contributed by atoms with Crippen LogP contribution in [0.1, 0.15) is 38.2 Å². The lowest BCUT2D eigenvalue weighted by molar-refractivity contribution is -0.143. The minimum Gasteiger partial charge on any atom is -0.466 e. The Labute approximate surface area is 129 Å². The third-order valence-electron chi connectivity index (χ3n) is 3.71. The maximum atomic E-state index is 12.3. The summed E-state index contributed by atoms with van der Waals surface area (Å²) in [5, 5.41) is 3.56. The Kier molecular flexibility index (Phi) is 5.23. The van der Waals surface area contributed by atoms with Gasteiger partial charge in [0.1, 0.15) is 0 Å². The molecule has 0 aromatic heterocycles. The fourth-order valence-electron chi connectivity index (χ4n) is 2.39. The monoisotopic (exact) mass is 309 g/mol. The lowest BCUT2D eigenvalue weighted by Crippen LogP contribution is -2.35. The van der Waals surface area contributed by atoms with Gasteiger partial charge in [-0.25, -0.2) is 0 Å². The molecule has 0 bridgehead atoms. The molecule has 5 heteroatoms. The molecule has 1 fully saturated rings. The Morgan fingerprint density at radius 1 is 1.38 bits per heavy atom. The average Bonchev–Trinajstić information content (AvgIpc) is 3.25. The van der Waals surface area contributed by atoms with Gasteiger partial charge in [-0.15, -0.1) is 0 Å². The zero-order chi connectivity index (χ0) is 15.3. The van der Waals surface area contributed by atoms with E-state index in [0.29, 0.717) is 31.0 Å². The molecular weight excluding hydrogens is 290 g/mol. The second-order valence-electron chi connectivity index (χ2n) is 5.26.